The Balaban J connectivity index is 2.15. The molecule has 0 aliphatic carbocycles. The first kappa shape index (κ1) is 16.2. The van der Waals surface area contributed by atoms with Crippen molar-refractivity contribution in [1.29, 1.82) is 0 Å². The maximum atomic E-state index is 14.2. The Labute approximate surface area is 129 Å². The number of nitrogens with one attached hydrogen (secondary N) is 1. The smallest absolute Gasteiger partial charge is 0.254 e. The second-order valence-corrected chi connectivity index (χ2v) is 5.56. The summed E-state index contributed by atoms with van der Waals surface area (Å²) in [5, 5.41) is 11.5. The molecule has 3 nitrogen and oxygen atoms in total. The van der Waals surface area contributed by atoms with Crippen molar-refractivity contribution in [3.63, 3.8) is 0 Å². The van der Waals surface area contributed by atoms with E-state index in [2.05, 4.69) is 5.32 Å². The summed E-state index contributed by atoms with van der Waals surface area (Å²) in [5.74, 6) is -1.07. The highest BCUT2D eigenvalue weighted by atomic mass is 19.1. The quantitative estimate of drug-likeness (QED) is 0.891. The van der Waals surface area contributed by atoms with Crippen LogP contribution in [-0.4, -0.2) is 24.2 Å². The van der Waals surface area contributed by atoms with Gasteiger partial charge in [0.15, 0.2) is 0 Å². The average molecular weight is 301 g/mol. The van der Waals surface area contributed by atoms with Crippen molar-refractivity contribution in [2.24, 2.45) is 5.92 Å². The SMILES string of the molecule is Cc1ccc(-c2ccc(C(=O)NCC(C)CO)c(F)c2)cc1. The summed E-state index contributed by atoms with van der Waals surface area (Å²) in [6.07, 6.45) is 0. The van der Waals surface area contributed by atoms with E-state index in [-0.39, 0.29) is 18.1 Å². The number of carbonyl (C=O) groups is 1. The molecule has 0 saturated carbocycles. The molecule has 0 aliphatic rings. The molecule has 0 saturated heterocycles. The molecular weight excluding hydrogens is 281 g/mol. The fraction of sp³-hybridized carbons (Fsp3) is 0.278. The van der Waals surface area contributed by atoms with Crippen molar-refractivity contribution in [1.82, 2.24) is 5.32 Å². The number of aliphatic hydroxyl groups excluding tert-OH is 1. The van der Waals surface area contributed by atoms with Crippen molar-refractivity contribution in [3.05, 3.63) is 59.4 Å². The van der Waals surface area contributed by atoms with Crippen molar-refractivity contribution in [3.8, 4) is 11.1 Å². The van der Waals surface area contributed by atoms with Crippen LogP contribution in [0, 0.1) is 18.7 Å². The zero-order chi connectivity index (χ0) is 16.1. The molecule has 1 unspecified atom stereocenters. The maximum Gasteiger partial charge on any atom is 0.254 e. The van der Waals surface area contributed by atoms with Crippen LogP contribution >= 0.6 is 0 Å². The summed E-state index contributed by atoms with van der Waals surface area (Å²) in [6, 6.07) is 12.4. The fourth-order valence-electron chi connectivity index (χ4n) is 2.05. The van der Waals surface area contributed by atoms with Crippen LogP contribution in [0.15, 0.2) is 42.5 Å². The monoisotopic (exact) mass is 301 g/mol. The Morgan fingerprint density at radius 2 is 1.82 bits per heavy atom. The molecule has 0 aliphatic heterocycles. The molecule has 22 heavy (non-hydrogen) atoms. The van der Waals surface area contributed by atoms with Crippen LogP contribution in [0.4, 0.5) is 4.39 Å². The first-order valence-corrected chi connectivity index (χ1v) is 7.27. The Morgan fingerprint density at radius 3 is 2.41 bits per heavy atom. The highest BCUT2D eigenvalue weighted by Crippen LogP contribution is 2.22. The molecule has 1 amide bonds. The first-order valence-electron chi connectivity index (χ1n) is 7.27. The van der Waals surface area contributed by atoms with E-state index in [0.29, 0.717) is 6.54 Å². The Hall–Kier alpha value is -2.20. The van der Waals surface area contributed by atoms with Gasteiger partial charge in [0.2, 0.25) is 0 Å². The zero-order valence-electron chi connectivity index (χ0n) is 12.8. The molecule has 116 valence electrons. The molecule has 1 atom stereocenters. The lowest BCUT2D eigenvalue weighted by Gasteiger charge is -2.11. The predicted molar refractivity (Wildman–Crippen MR) is 85.2 cm³/mol. The van der Waals surface area contributed by atoms with Gasteiger partial charge in [-0.2, -0.15) is 0 Å². The number of rotatable bonds is 5. The number of hydrogen-bond acceptors (Lipinski definition) is 2. The summed E-state index contributed by atoms with van der Waals surface area (Å²) in [7, 11) is 0. The molecular formula is C18H20FNO2. The van der Waals surface area contributed by atoms with Crippen molar-refractivity contribution >= 4 is 5.91 Å². The standard InChI is InChI=1S/C18H20FNO2/c1-12-3-5-14(6-4-12)15-7-8-16(17(19)9-15)18(22)20-10-13(2)11-21/h3-9,13,21H,10-11H2,1-2H3,(H,20,22). The van der Waals surface area contributed by atoms with Gasteiger partial charge >= 0.3 is 0 Å². The number of benzene rings is 2. The lowest BCUT2D eigenvalue weighted by molar-refractivity contribution is 0.0938. The van der Waals surface area contributed by atoms with Crippen LogP contribution in [-0.2, 0) is 0 Å². The van der Waals surface area contributed by atoms with Gasteiger partial charge in [0.05, 0.1) is 5.56 Å². The Morgan fingerprint density at radius 1 is 1.18 bits per heavy atom. The van der Waals surface area contributed by atoms with Gasteiger partial charge in [0.1, 0.15) is 5.82 Å². The number of aryl methyl sites for hydroxylation is 1. The van der Waals surface area contributed by atoms with E-state index in [9.17, 15) is 9.18 Å². The molecule has 0 heterocycles. The minimum Gasteiger partial charge on any atom is -0.396 e. The van der Waals surface area contributed by atoms with Crippen molar-refractivity contribution < 1.29 is 14.3 Å². The third-order valence-corrected chi connectivity index (χ3v) is 3.52. The molecule has 0 spiro atoms. The van der Waals surface area contributed by atoms with E-state index in [4.69, 9.17) is 5.11 Å². The van der Waals surface area contributed by atoms with Crippen molar-refractivity contribution in [2.75, 3.05) is 13.2 Å². The van der Waals surface area contributed by atoms with Crippen LogP contribution in [0.2, 0.25) is 0 Å². The molecule has 0 bridgehead atoms. The molecule has 2 aromatic carbocycles. The Kier molecular flexibility index (Phi) is 5.28. The molecule has 0 radical (unpaired) electrons. The summed E-state index contributed by atoms with van der Waals surface area (Å²) in [6.45, 7) is 4.09. The molecule has 2 N–H and O–H groups in total. The van der Waals surface area contributed by atoms with E-state index in [1.165, 1.54) is 12.1 Å². The Bertz CT molecular complexity index is 653. The third-order valence-electron chi connectivity index (χ3n) is 3.52. The fourth-order valence-corrected chi connectivity index (χ4v) is 2.05. The number of aliphatic hydroxyl groups is 1. The normalized spacial score (nSPS) is 12.0. The molecule has 0 fully saturated rings. The van der Waals surface area contributed by atoms with Crippen LogP contribution in [0.1, 0.15) is 22.8 Å². The van der Waals surface area contributed by atoms with E-state index >= 15 is 0 Å². The van der Waals surface area contributed by atoms with Gasteiger partial charge in [-0.1, -0.05) is 42.8 Å². The van der Waals surface area contributed by atoms with Gasteiger partial charge in [0.25, 0.3) is 5.91 Å². The van der Waals surface area contributed by atoms with Crippen molar-refractivity contribution in [2.45, 2.75) is 13.8 Å². The number of hydrogen-bond donors (Lipinski definition) is 2. The van der Waals surface area contributed by atoms with Gasteiger partial charge in [0, 0.05) is 13.2 Å². The highest BCUT2D eigenvalue weighted by Gasteiger charge is 2.13. The maximum absolute atomic E-state index is 14.2. The summed E-state index contributed by atoms with van der Waals surface area (Å²) >= 11 is 0. The van der Waals surface area contributed by atoms with Crippen LogP contribution < -0.4 is 5.32 Å². The molecule has 4 heteroatoms. The number of amides is 1. The highest BCUT2D eigenvalue weighted by molar-refractivity contribution is 5.95. The summed E-state index contributed by atoms with van der Waals surface area (Å²) in [4.78, 5) is 11.9. The van der Waals surface area contributed by atoms with Gasteiger partial charge in [-0.3, -0.25) is 4.79 Å². The largest absolute Gasteiger partial charge is 0.396 e. The lowest BCUT2D eigenvalue weighted by atomic mass is 10.0. The van der Waals surface area contributed by atoms with Gasteiger partial charge in [-0.25, -0.2) is 4.39 Å². The van der Waals surface area contributed by atoms with Gasteiger partial charge in [-0.15, -0.1) is 0 Å². The second kappa shape index (κ2) is 7.18. The minimum atomic E-state index is -0.549. The van der Waals surface area contributed by atoms with E-state index in [1.54, 1.807) is 13.0 Å². The minimum absolute atomic E-state index is 0.0148. The number of carbonyl (C=O) groups excluding carboxylic acids is 1. The average Bonchev–Trinajstić information content (AvgIpc) is 2.52. The molecule has 2 rings (SSSR count). The first-order chi connectivity index (χ1) is 10.5. The predicted octanol–water partition coefficient (Wildman–Crippen LogP) is 3.16. The van der Waals surface area contributed by atoms with Gasteiger partial charge in [-0.05, 0) is 36.1 Å². The van der Waals surface area contributed by atoms with Crippen LogP contribution in [0.25, 0.3) is 11.1 Å². The summed E-state index contributed by atoms with van der Waals surface area (Å²) < 4.78 is 14.2. The van der Waals surface area contributed by atoms with Crippen LogP contribution in [0.5, 0.6) is 0 Å². The molecule has 0 aromatic heterocycles. The second-order valence-electron chi connectivity index (χ2n) is 5.56. The van der Waals surface area contributed by atoms with E-state index in [0.717, 1.165) is 16.7 Å². The van der Waals surface area contributed by atoms with E-state index in [1.807, 2.05) is 31.2 Å². The number of halogens is 1. The van der Waals surface area contributed by atoms with Crippen LogP contribution in [0.3, 0.4) is 0 Å². The lowest BCUT2D eigenvalue weighted by Crippen LogP contribution is -2.30. The third kappa shape index (κ3) is 3.92. The van der Waals surface area contributed by atoms with Gasteiger partial charge < -0.3 is 10.4 Å². The topological polar surface area (TPSA) is 49.3 Å². The molecule has 2 aromatic rings. The summed E-state index contributed by atoms with van der Waals surface area (Å²) in [5.41, 5.74) is 2.79. The zero-order valence-corrected chi connectivity index (χ0v) is 12.8. The van der Waals surface area contributed by atoms with E-state index < -0.39 is 11.7 Å².